The number of pyridine rings is 1. The van der Waals surface area contributed by atoms with Gasteiger partial charge >= 0.3 is 24.8 Å². The minimum absolute atomic E-state index is 0.0823. The van der Waals surface area contributed by atoms with Gasteiger partial charge in [-0.3, -0.25) is 4.90 Å². The van der Waals surface area contributed by atoms with Crippen LogP contribution in [-0.2, 0) is 6.18 Å². The Hall–Kier alpha value is -4.96. The minimum atomic E-state index is -4.82. The van der Waals surface area contributed by atoms with Crippen LogP contribution in [0, 0.1) is 0 Å². The largest absolute Gasteiger partial charge is 0.467 e. The zero-order valence-corrected chi connectivity index (χ0v) is 24.5. The lowest BCUT2D eigenvalue weighted by molar-refractivity contribution is -0.137. The molecule has 0 spiro atoms. The highest BCUT2D eigenvalue weighted by atomic mass is 19.4. The highest BCUT2D eigenvalue weighted by molar-refractivity contribution is 5.92. The van der Waals surface area contributed by atoms with Crippen molar-refractivity contribution in [2.75, 3.05) is 17.3 Å². The molecule has 242 valence electrons. The average molecular weight is 645 g/mol. The zero-order chi connectivity index (χ0) is 32.4. The predicted molar refractivity (Wildman–Crippen MR) is 155 cm³/mol. The number of hydrogen-bond acceptors (Lipinski definition) is 9. The fourth-order valence-corrected chi connectivity index (χ4v) is 5.29. The smallest absolute Gasteiger partial charge is 0.420 e. The van der Waals surface area contributed by atoms with Crippen LogP contribution >= 0.6 is 0 Å². The van der Waals surface area contributed by atoms with E-state index in [-0.39, 0.29) is 46.5 Å². The molecule has 46 heavy (non-hydrogen) atoms. The molecule has 0 bridgehead atoms. The first-order valence-electron chi connectivity index (χ1n) is 14.6. The topological polar surface area (TPSA) is 136 Å². The van der Waals surface area contributed by atoms with Gasteiger partial charge in [-0.25, -0.2) is 34.4 Å². The average Bonchev–Trinajstić information content (AvgIpc) is 3.71. The molecule has 2 aliphatic rings. The van der Waals surface area contributed by atoms with E-state index in [1.165, 1.54) is 7.11 Å². The quantitative estimate of drug-likeness (QED) is 0.220. The van der Waals surface area contributed by atoms with E-state index >= 15 is 0 Å². The number of rotatable bonds is 9. The van der Waals surface area contributed by atoms with Crippen LogP contribution in [0.3, 0.4) is 0 Å². The number of alkyl halides is 5. The Morgan fingerprint density at radius 2 is 1.63 bits per heavy atom. The highest BCUT2D eigenvalue weighted by Gasteiger charge is 2.37. The van der Waals surface area contributed by atoms with Crippen LogP contribution in [0.2, 0.25) is 0 Å². The van der Waals surface area contributed by atoms with Gasteiger partial charge in [-0.15, -0.1) is 0 Å². The second kappa shape index (κ2) is 12.8. The van der Waals surface area contributed by atoms with Crippen molar-refractivity contribution < 1.29 is 31.5 Å². The lowest BCUT2D eigenvalue weighted by Gasteiger charge is -2.36. The molecule has 2 saturated carbocycles. The van der Waals surface area contributed by atoms with Crippen molar-refractivity contribution >= 4 is 17.8 Å². The standard InChI is InChI=1S/C29H29F5N10O2/c1-46-27-37-13-17(14-38-27)16-2-9-23(35-12-16)44(28(45)40-19-3-4-19)20-7-5-18(6-8-20)39-26-36-15-21(29(32,33)34)24(41-26)22-10-11-43(42-22)25(30)31/h2,9-15,18-20,25H,3-8H2,1H3,(H,40,45)(H,36,39,41)/t18-,20-. The number of methoxy groups -OCH3 is 1. The lowest BCUT2D eigenvalue weighted by Crippen LogP contribution is -2.49. The normalized spacial score (nSPS) is 18.3. The van der Waals surface area contributed by atoms with E-state index in [4.69, 9.17) is 4.74 Å². The van der Waals surface area contributed by atoms with Gasteiger partial charge in [0.15, 0.2) is 0 Å². The third kappa shape index (κ3) is 6.97. The number of ether oxygens (including phenoxy) is 1. The van der Waals surface area contributed by atoms with Crippen molar-refractivity contribution in [2.45, 2.75) is 69.4 Å². The van der Waals surface area contributed by atoms with Gasteiger partial charge in [0, 0.05) is 60.2 Å². The van der Waals surface area contributed by atoms with E-state index < -0.39 is 24.0 Å². The summed E-state index contributed by atoms with van der Waals surface area (Å²) in [5.74, 6) is 0.396. The van der Waals surface area contributed by atoms with E-state index in [1.807, 2.05) is 6.07 Å². The number of nitrogens with zero attached hydrogens (tertiary/aromatic N) is 8. The van der Waals surface area contributed by atoms with Gasteiger partial charge < -0.3 is 15.4 Å². The van der Waals surface area contributed by atoms with E-state index in [2.05, 4.69) is 40.7 Å². The van der Waals surface area contributed by atoms with E-state index in [9.17, 15) is 26.7 Å². The number of aromatic nitrogens is 7. The van der Waals surface area contributed by atoms with Crippen molar-refractivity contribution in [1.29, 1.82) is 0 Å². The third-order valence-corrected chi connectivity index (χ3v) is 7.80. The number of anilines is 2. The van der Waals surface area contributed by atoms with Gasteiger partial charge in [-0.05, 0) is 56.7 Å². The Kier molecular flexibility index (Phi) is 8.64. The molecule has 0 saturated heterocycles. The molecule has 4 heterocycles. The number of amides is 2. The highest BCUT2D eigenvalue weighted by Crippen LogP contribution is 2.36. The molecule has 17 heteroatoms. The fraction of sp³-hybridized carbons (Fsp3) is 0.414. The monoisotopic (exact) mass is 644 g/mol. The van der Waals surface area contributed by atoms with Crippen LogP contribution in [0.4, 0.5) is 38.5 Å². The van der Waals surface area contributed by atoms with Gasteiger partial charge in [-0.2, -0.15) is 27.1 Å². The second-order valence-corrected chi connectivity index (χ2v) is 11.0. The van der Waals surface area contributed by atoms with Crippen LogP contribution in [0.25, 0.3) is 22.5 Å². The minimum Gasteiger partial charge on any atom is -0.467 e. The summed E-state index contributed by atoms with van der Waals surface area (Å²) >= 11 is 0. The molecule has 12 nitrogen and oxygen atoms in total. The van der Waals surface area contributed by atoms with E-state index in [0.717, 1.165) is 36.2 Å². The van der Waals surface area contributed by atoms with Gasteiger partial charge in [0.25, 0.3) is 0 Å². The van der Waals surface area contributed by atoms with Crippen molar-refractivity contribution in [3.05, 3.63) is 54.7 Å². The first kappa shape index (κ1) is 31.0. The van der Waals surface area contributed by atoms with Gasteiger partial charge in [-0.1, -0.05) is 0 Å². The maximum absolute atomic E-state index is 13.7. The molecule has 0 atom stereocenters. The molecule has 2 N–H and O–H groups in total. The molecule has 4 aromatic heterocycles. The maximum atomic E-state index is 13.7. The van der Waals surface area contributed by atoms with Gasteiger partial charge in [0.05, 0.1) is 7.11 Å². The first-order valence-corrected chi connectivity index (χ1v) is 14.6. The summed E-state index contributed by atoms with van der Waals surface area (Å²) in [4.78, 5) is 35.7. The number of halogens is 5. The number of carbonyl (C=O) groups is 1. The SMILES string of the molecule is COc1ncc(-c2ccc(N(C(=O)NC3CC3)[C@H]3CC[C@H](Nc4ncc(C(F)(F)F)c(-c5ccn(C(F)F)n5)n4)CC3)nc2)cn1. The number of urea groups is 1. The molecule has 2 amide bonds. The number of nitrogens with one attached hydrogen (secondary N) is 2. The summed E-state index contributed by atoms with van der Waals surface area (Å²) in [5.41, 5.74) is -0.638. The molecular weight excluding hydrogens is 615 g/mol. The molecule has 0 aromatic carbocycles. The van der Waals surface area contributed by atoms with Crippen LogP contribution in [0.1, 0.15) is 50.6 Å². The molecule has 0 unspecified atom stereocenters. The number of hydrogen-bond donors (Lipinski definition) is 2. The van der Waals surface area contributed by atoms with Gasteiger partial charge in [0.2, 0.25) is 5.95 Å². The fourth-order valence-electron chi connectivity index (χ4n) is 5.29. The maximum Gasteiger partial charge on any atom is 0.420 e. The summed E-state index contributed by atoms with van der Waals surface area (Å²) in [6.45, 7) is -3.01. The molecule has 0 radical (unpaired) electrons. The lowest BCUT2D eigenvalue weighted by atomic mass is 9.90. The molecule has 4 aromatic rings. The van der Waals surface area contributed by atoms with Crippen molar-refractivity contribution in [3.63, 3.8) is 0 Å². The molecule has 0 aliphatic heterocycles. The van der Waals surface area contributed by atoms with E-state index in [1.54, 1.807) is 29.6 Å². The van der Waals surface area contributed by atoms with Crippen molar-refractivity contribution in [3.8, 4) is 28.5 Å². The van der Waals surface area contributed by atoms with Crippen LogP contribution in [0.5, 0.6) is 6.01 Å². The molecule has 2 aliphatic carbocycles. The molecular formula is C29H29F5N10O2. The molecule has 2 fully saturated rings. The first-order chi connectivity index (χ1) is 22.1. The van der Waals surface area contributed by atoms with Crippen LogP contribution in [-0.4, -0.2) is 66.0 Å². The summed E-state index contributed by atoms with van der Waals surface area (Å²) in [7, 11) is 1.48. The Morgan fingerprint density at radius 1 is 0.935 bits per heavy atom. The summed E-state index contributed by atoms with van der Waals surface area (Å²) < 4.78 is 72.4. The van der Waals surface area contributed by atoms with Crippen LogP contribution in [0.15, 0.2) is 49.2 Å². The Bertz CT molecular complexity index is 1650. The van der Waals surface area contributed by atoms with Crippen molar-refractivity contribution in [1.82, 2.24) is 40.0 Å². The van der Waals surface area contributed by atoms with E-state index in [0.29, 0.717) is 37.7 Å². The Labute approximate surface area is 259 Å². The summed E-state index contributed by atoms with van der Waals surface area (Å²) in [6.07, 6.45) is 5.64. The predicted octanol–water partition coefficient (Wildman–Crippen LogP) is 5.72. The van der Waals surface area contributed by atoms with Gasteiger partial charge in [0.1, 0.15) is 22.8 Å². The number of carbonyl (C=O) groups excluding carboxylic acids is 1. The van der Waals surface area contributed by atoms with Crippen molar-refractivity contribution in [2.24, 2.45) is 0 Å². The zero-order valence-electron chi connectivity index (χ0n) is 24.5. The second-order valence-electron chi connectivity index (χ2n) is 11.0. The van der Waals surface area contributed by atoms with Crippen LogP contribution < -0.4 is 20.3 Å². The molecule has 6 rings (SSSR count). The Balaban J connectivity index is 1.16. The Morgan fingerprint density at radius 3 is 2.22 bits per heavy atom. The third-order valence-electron chi connectivity index (χ3n) is 7.80. The summed E-state index contributed by atoms with van der Waals surface area (Å²) in [5, 5.41) is 9.67. The summed E-state index contributed by atoms with van der Waals surface area (Å²) in [6, 6.07) is 4.37.